The summed E-state index contributed by atoms with van der Waals surface area (Å²) >= 11 is 7.15. The number of hydrogen-bond acceptors (Lipinski definition) is 4. The second-order valence-electron chi connectivity index (χ2n) is 8.36. The van der Waals surface area contributed by atoms with Crippen LogP contribution in [0.25, 0.3) is 6.08 Å². The SMILES string of the molecule is Brc1ccc(C(c2ccc(Br)cc2)N2CCN(C/C=C/c3ccc4c(c3)OCO4)CC2)cc1. The van der Waals surface area contributed by atoms with Crippen molar-refractivity contribution in [3.63, 3.8) is 0 Å². The smallest absolute Gasteiger partial charge is 0.231 e. The van der Waals surface area contributed by atoms with Crippen LogP contribution in [-0.2, 0) is 0 Å². The minimum absolute atomic E-state index is 0.262. The molecule has 0 spiro atoms. The van der Waals surface area contributed by atoms with Crippen LogP contribution in [0.15, 0.2) is 81.8 Å². The zero-order chi connectivity index (χ0) is 22.6. The molecule has 2 aliphatic rings. The Hall–Kier alpha value is -2.12. The minimum Gasteiger partial charge on any atom is -0.454 e. The first-order valence-corrected chi connectivity index (χ1v) is 12.8. The molecule has 3 aromatic carbocycles. The fourth-order valence-corrected chi connectivity index (χ4v) is 4.99. The lowest BCUT2D eigenvalue weighted by Crippen LogP contribution is -2.47. The zero-order valence-corrected chi connectivity index (χ0v) is 21.5. The first kappa shape index (κ1) is 22.7. The average Bonchev–Trinajstić information content (AvgIpc) is 3.31. The van der Waals surface area contributed by atoms with E-state index in [1.54, 1.807) is 0 Å². The van der Waals surface area contributed by atoms with Crippen LogP contribution < -0.4 is 9.47 Å². The van der Waals surface area contributed by atoms with E-state index < -0.39 is 0 Å². The van der Waals surface area contributed by atoms with Gasteiger partial charge < -0.3 is 9.47 Å². The van der Waals surface area contributed by atoms with E-state index in [2.05, 4.69) is 108 Å². The number of hydrogen-bond donors (Lipinski definition) is 0. The first-order valence-electron chi connectivity index (χ1n) is 11.2. The van der Waals surface area contributed by atoms with E-state index in [9.17, 15) is 0 Å². The van der Waals surface area contributed by atoms with Crippen LogP contribution >= 0.6 is 31.9 Å². The van der Waals surface area contributed by atoms with Crippen molar-refractivity contribution in [2.45, 2.75) is 6.04 Å². The molecule has 33 heavy (non-hydrogen) atoms. The Morgan fingerprint density at radius 1 is 0.758 bits per heavy atom. The van der Waals surface area contributed by atoms with E-state index in [1.165, 1.54) is 11.1 Å². The molecular weight excluding hydrogens is 544 g/mol. The summed E-state index contributed by atoms with van der Waals surface area (Å²) in [6, 6.07) is 23.8. The van der Waals surface area contributed by atoms with Gasteiger partial charge in [-0.3, -0.25) is 9.80 Å². The number of nitrogens with zero attached hydrogens (tertiary/aromatic N) is 2. The molecule has 2 heterocycles. The summed E-state index contributed by atoms with van der Waals surface area (Å²) in [4.78, 5) is 5.12. The third-order valence-corrected chi connectivity index (χ3v) is 7.27. The Labute approximate surface area is 212 Å². The van der Waals surface area contributed by atoms with Crippen molar-refractivity contribution in [3.8, 4) is 11.5 Å². The van der Waals surface area contributed by atoms with Crippen molar-refractivity contribution < 1.29 is 9.47 Å². The fraction of sp³-hybridized carbons (Fsp3) is 0.259. The van der Waals surface area contributed by atoms with Gasteiger partial charge in [-0.1, -0.05) is 74.3 Å². The molecule has 3 aromatic rings. The fourth-order valence-electron chi connectivity index (χ4n) is 4.46. The standard InChI is InChI=1S/C27H26Br2N2O2/c28-23-8-4-21(5-9-23)27(22-6-10-24(29)11-7-22)31-16-14-30(15-17-31)13-1-2-20-3-12-25-26(18-20)33-19-32-25/h1-12,18,27H,13-17,19H2/b2-1+. The van der Waals surface area contributed by atoms with Crippen molar-refractivity contribution in [2.24, 2.45) is 0 Å². The summed E-state index contributed by atoms with van der Waals surface area (Å²) in [7, 11) is 0. The monoisotopic (exact) mass is 568 g/mol. The molecule has 0 N–H and O–H groups in total. The molecule has 0 unspecified atom stereocenters. The molecule has 170 valence electrons. The Morgan fingerprint density at radius 3 is 2.00 bits per heavy atom. The predicted octanol–water partition coefficient (Wildman–Crippen LogP) is 6.36. The van der Waals surface area contributed by atoms with Crippen LogP contribution in [0, 0.1) is 0 Å². The molecule has 0 atom stereocenters. The zero-order valence-electron chi connectivity index (χ0n) is 18.3. The third kappa shape index (κ3) is 5.52. The molecule has 0 radical (unpaired) electrons. The molecule has 1 fully saturated rings. The van der Waals surface area contributed by atoms with Gasteiger partial charge in [-0.05, 0) is 53.1 Å². The third-order valence-electron chi connectivity index (χ3n) is 6.21. The molecule has 0 aliphatic carbocycles. The molecule has 0 saturated carbocycles. The summed E-state index contributed by atoms with van der Waals surface area (Å²) in [5.74, 6) is 1.66. The van der Waals surface area contributed by atoms with Gasteiger partial charge in [-0.25, -0.2) is 0 Å². The predicted molar refractivity (Wildman–Crippen MR) is 140 cm³/mol. The van der Waals surface area contributed by atoms with Gasteiger partial charge in [-0.2, -0.15) is 0 Å². The lowest BCUT2D eigenvalue weighted by Gasteiger charge is -2.39. The van der Waals surface area contributed by atoms with Crippen molar-refractivity contribution in [1.82, 2.24) is 9.80 Å². The van der Waals surface area contributed by atoms with E-state index in [4.69, 9.17) is 9.47 Å². The van der Waals surface area contributed by atoms with Crippen molar-refractivity contribution in [1.29, 1.82) is 0 Å². The van der Waals surface area contributed by atoms with Gasteiger partial charge in [0, 0.05) is 41.7 Å². The lowest BCUT2D eigenvalue weighted by atomic mass is 9.96. The van der Waals surface area contributed by atoms with Gasteiger partial charge in [0.05, 0.1) is 6.04 Å². The Balaban J connectivity index is 1.23. The topological polar surface area (TPSA) is 24.9 Å². The summed E-state index contributed by atoms with van der Waals surface area (Å²) in [6.07, 6.45) is 4.41. The highest BCUT2D eigenvalue weighted by Gasteiger charge is 2.26. The maximum absolute atomic E-state index is 5.48. The number of ether oxygens (including phenoxy) is 2. The van der Waals surface area contributed by atoms with Crippen LogP contribution in [0.5, 0.6) is 11.5 Å². The average molecular weight is 570 g/mol. The molecule has 4 nitrogen and oxygen atoms in total. The van der Waals surface area contributed by atoms with Gasteiger partial charge in [-0.15, -0.1) is 0 Å². The summed E-state index contributed by atoms with van der Waals surface area (Å²) in [5.41, 5.74) is 3.80. The normalized spacial score (nSPS) is 16.7. The minimum atomic E-state index is 0.262. The van der Waals surface area contributed by atoms with Crippen LogP contribution in [0.4, 0.5) is 0 Å². The van der Waals surface area contributed by atoms with Crippen molar-refractivity contribution in [3.05, 3.63) is 98.4 Å². The van der Waals surface area contributed by atoms with Crippen LogP contribution in [-0.4, -0.2) is 49.3 Å². The second-order valence-corrected chi connectivity index (χ2v) is 10.2. The van der Waals surface area contributed by atoms with E-state index in [0.717, 1.165) is 58.7 Å². The van der Waals surface area contributed by atoms with E-state index in [1.807, 2.05) is 12.1 Å². The first-order chi connectivity index (χ1) is 16.2. The van der Waals surface area contributed by atoms with Gasteiger partial charge in [0.15, 0.2) is 11.5 Å². The van der Waals surface area contributed by atoms with Crippen LogP contribution in [0.3, 0.4) is 0 Å². The Kier molecular flexibility index (Phi) is 7.16. The Bertz CT molecular complexity index is 1060. The van der Waals surface area contributed by atoms with Gasteiger partial charge >= 0.3 is 0 Å². The van der Waals surface area contributed by atoms with E-state index in [-0.39, 0.29) is 6.04 Å². The van der Waals surface area contributed by atoms with Gasteiger partial charge in [0.2, 0.25) is 6.79 Å². The van der Waals surface area contributed by atoms with Crippen molar-refractivity contribution >= 4 is 37.9 Å². The quantitative estimate of drug-likeness (QED) is 0.345. The van der Waals surface area contributed by atoms with E-state index in [0.29, 0.717) is 6.79 Å². The summed E-state index contributed by atoms with van der Waals surface area (Å²) in [6.45, 7) is 5.44. The largest absolute Gasteiger partial charge is 0.454 e. The summed E-state index contributed by atoms with van der Waals surface area (Å²) in [5, 5.41) is 0. The maximum atomic E-state index is 5.48. The number of benzene rings is 3. The second kappa shape index (κ2) is 10.4. The molecule has 0 amide bonds. The van der Waals surface area contributed by atoms with Crippen molar-refractivity contribution in [2.75, 3.05) is 39.5 Å². The van der Waals surface area contributed by atoms with Gasteiger partial charge in [0.25, 0.3) is 0 Å². The molecular formula is C27H26Br2N2O2. The molecule has 2 aliphatic heterocycles. The van der Waals surface area contributed by atoms with E-state index >= 15 is 0 Å². The van der Waals surface area contributed by atoms with Crippen LogP contribution in [0.2, 0.25) is 0 Å². The number of piperazine rings is 1. The van der Waals surface area contributed by atoms with Crippen LogP contribution in [0.1, 0.15) is 22.7 Å². The molecule has 6 heteroatoms. The highest BCUT2D eigenvalue weighted by Crippen LogP contribution is 2.33. The highest BCUT2D eigenvalue weighted by molar-refractivity contribution is 9.10. The molecule has 5 rings (SSSR count). The maximum Gasteiger partial charge on any atom is 0.231 e. The number of halogens is 2. The highest BCUT2D eigenvalue weighted by atomic mass is 79.9. The Morgan fingerprint density at radius 2 is 1.36 bits per heavy atom. The number of fused-ring (bicyclic) bond motifs is 1. The van der Waals surface area contributed by atoms with Gasteiger partial charge in [0.1, 0.15) is 0 Å². The number of rotatable bonds is 6. The molecule has 0 aromatic heterocycles. The lowest BCUT2D eigenvalue weighted by molar-refractivity contribution is 0.118. The summed E-state index contributed by atoms with van der Waals surface area (Å²) < 4.78 is 13.1. The molecule has 0 bridgehead atoms. The molecule has 1 saturated heterocycles.